The molecule has 18 heavy (non-hydrogen) atoms. The molecule has 2 aromatic heterocycles. The van der Waals surface area contributed by atoms with E-state index in [0.717, 1.165) is 0 Å². The third-order valence-electron chi connectivity index (χ3n) is 2.32. The first-order chi connectivity index (χ1) is 8.72. The van der Waals surface area contributed by atoms with Crippen LogP contribution >= 0.6 is 0 Å². The highest BCUT2D eigenvalue weighted by Crippen LogP contribution is 2.21. The number of nitrogens with zero attached hydrogens (tertiary/aromatic N) is 3. The molecule has 3 rings (SSSR count). The first-order valence-corrected chi connectivity index (χ1v) is 5.12. The maximum atomic E-state index is 12.7. The molecule has 0 spiro atoms. The third kappa shape index (κ3) is 1.81. The Morgan fingerprint density at radius 3 is 2.72 bits per heavy atom. The van der Waals surface area contributed by atoms with Gasteiger partial charge in [0.25, 0.3) is 0 Å². The lowest BCUT2D eigenvalue weighted by Gasteiger charge is -2.04. The Morgan fingerprint density at radius 2 is 1.94 bits per heavy atom. The number of aromatic amines is 1. The number of nitrogen functional groups attached to an aromatic ring is 1. The Hall–Kier alpha value is -2.70. The van der Waals surface area contributed by atoms with Crippen LogP contribution in [-0.2, 0) is 0 Å². The van der Waals surface area contributed by atoms with Crippen LogP contribution in [0.25, 0.3) is 11.2 Å². The monoisotopic (exact) mass is 245 g/mol. The molecule has 0 fully saturated rings. The molecular formula is C11H8FN5O. The molecular weight excluding hydrogens is 237 g/mol. The zero-order valence-electron chi connectivity index (χ0n) is 9.09. The van der Waals surface area contributed by atoms with Gasteiger partial charge < -0.3 is 15.5 Å². The van der Waals surface area contributed by atoms with Crippen molar-refractivity contribution in [1.82, 2.24) is 19.9 Å². The first kappa shape index (κ1) is 10.5. The van der Waals surface area contributed by atoms with Crippen molar-refractivity contribution in [2.45, 2.75) is 0 Å². The van der Waals surface area contributed by atoms with Gasteiger partial charge in [-0.25, -0.2) is 9.37 Å². The van der Waals surface area contributed by atoms with E-state index in [2.05, 4.69) is 19.9 Å². The van der Waals surface area contributed by atoms with Crippen molar-refractivity contribution in [3.63, 3.8) is 0 Å². The Labute approximate surface area is 101 Å². The Morgan fingerprint density at radius 1 is 1.17 bits per heavy atom. The minimum atomic E-state index is -0.342. The predicted molar refractivity (Wildman–Crippen MR) is 62.6 cm³/mol. The largest absolute Gasteiger partial charge is 0.424 e. The number of halogens is 1. The molecule has 0 bridgehead atoms. The van der Waals surface area contributed by atoms with Crippen molar-refractivity contribution in [1.29, 1.82) is 0 Å². The minimum absolute atomic E-state index is 0.0682. The molecule has 0 saturated carbocycles. The first-order valence-electron chi connectivity index (χ1n) is 5.12. The standard InChI is InChI=1S/C11H8FN5O/c12-6-1-3-7(4-2-6)18-11-16-9(13)8-10(17-11)15-5-14-8/h1-5H,(H3,13,14,15,16,17). The molecule has 0 aliphatic rings. The predicted octanol–water partition coefficient (Wildman–Crippen LogP) is 1.87. The van der Waals surface area contributed by atoms with Crippen molar-refractivity contribution < 1.29 is 9.13 Å². The van der Waals surface area contributed by atoms with Crippen LogP contribution in [0.1, 0.15) is 0 Å². The highest BCUT2D eigenvalue weighted by Gasteiger charge is 2.08. The maximum absolute atomic E-state index is 12.7. The van der Waals surface area contributed by atoms with E-state index >= 15 is 0 Å². The zero-order chi connectivity index (χ0) is 12.5. The fourth-order valence-corrected chi connectivity index (χ4v) is 1.49. The van der Waals surface area contributed by atoms with Crippen LogP contribution in [0.3, 0.4) is 0 Å². The van der Waals surface area contributed by atoms with Gasteiger partial charge in [0.1, 0.15) is 17.1 Å². The quantitative estimate of drug-likeness (QED) is 0.719. The molecule has 0 amide bonds. The maximum Gasteiger partial charge on any atom is 0.326 e. The van der Waals surface area contributed by atoms with Crippen molar-refractivity contribution in [3.05, 3.63) is 36.4 Å². The Bertz CT molecular complexity index is 694. The minimum Gasteiger partial charge on any atom is -0.424 e. The lowest BCUT2D eigenvalue weighted by atomic mass is 10.3. The van der Waals surface area contributed by atoms with Crippen LogP contribution in [-0.4, -0.2) is 19.9 Å². The van der Waals surface area contributed by atoms with E-state index < -0.39 is 0 Å². The summed E-state index contributed by atoms with van der Waals surface area (Å²) >= 11 is 0. The number of nitrogens with two attached hydrogens (primary N) is 1. The molecule has 3 aromatic rings. The van der Waals surface area contributed by atoms with Gasteiger partial charge in [-0.3, -0.25) is 0 Å². The van der Waals surface area contributed by atoms with Gasteiger partial charge in [0.2, 0.25) is 0 Å². The molecule has 0 radical (unpaired) electrons. The summed E-state index contributed by atoms with van der Waals surface area (Å²) in [6.07, 6.45) is 1.47. The highest BCUT2D eigenvalue weighted by atomic mass is 19.1. The average molecular weight is 245 g/mol. The summed E-state index contributed by atoms with van der Waals surface area (Å²) in [5, 5.41) is 0. The Kier molecular flexibility index (Phi) is 2.30. The van der Waals surface area contributed by atoms with E-state index in [-0.39, 0.29) is 17.6 Å². The van der Waals surface area contributed by atoms with Crippen molar-refractivity contribution >= 4 is 17.0 Å². The van der Waals surface area contributed by atoms with Gasteiger partial charge in [0.15, 0.2) is 11.5 Å². The third-order valence-corrected chi connectivity index (χ3v) is 2.32. The number of anilines is 1. The lowest BCUT2D eigenvalue weighted by molar-refractivity contribution is 0.443. The lowest BCUT2D eigenvalue weighted by Crippen LogP contribution is -1.98. The van der Waals surface area contributed by atoms with Crippen LogP contribution in [0.4, 0.5) is 10.2 Å². The highest BCUT2D eigenvalue weighted by molar-refractivity contribution is 5.81. The van der Waals surface area contributed by atoms with Crippen LogP contribution < -0.4 is 10.5 Å². The van der Waals surface area contributed by atoms with Crippen molar-refractivity contribution in [3.8, 4) is 11.8 Å². The Balaban J connectivity index is 1.97. The molecule has 3 N–H and O–H groups in total. The van der Waals surface area contributed by atoms with Crippen LogP contribution in [0, 0.1) is 5.82 Å². The van der Waals surface area contributed by atoms with E-state index in [1.165, 1.54) is 30.6 Å². The number of fused-ring (bicyclic) bond motifs is 1. The summed E-state index contributed by atoms with van der Waals surface area (Å²) < 4.78 is 18.1. The summed E-state index contributed by atoms with van der Waals surface area (Å²) in [6.45, 7) is 0. The van der Waals surface area contributed by atoms with Crippen molar-refractivity contribution in [2.24, 2.45) is 0 Å². The molecule has 7 heteroatoms. The topological polar surface area (TPSA) is 89.7 Å². The number of rotatable bonds is 2. The fourth-order valence-electron chi connectivity index (χ4n) is 1.49. The molecule has 0 atom stereocenters. The summed E-state index contributed by atoms with van der Waals surface area (Å²) in [5.74, 6) is 0.325. The molecule has 0 aliphatic heterocycles. The second kappa shape index (κ2) is 3.95. The van der Waals surface area contributed by atoms with E-state index in [4.69, 9.17) is 10.5 Å². The van der Waals surface area contributed by atoms with Gasteiger partial charge in [-0.1, -0.05) is 0 Å². The smallest absolute Gasteiger partial charge is 0.326 e. The van der Waals surface area contributed by atoms with Gasteiger partial charge in [-0.15, -0.1) is 0 Å². The average Bonchev–Trinajstić information content (AvgIpc) is 2.81. The molecule has 0 aliphatic carbocycles. The van der Waals surface area contributed by atoms with Gasteiger partial charge in [-0.05, 0) is 24.3 Å². The molecule has 0 unspecified atom stereocenters. The summed E-state index contributed by atoms with van der Waals surface area (Å²) in [4.78, 5) is 14.8. The van der Waals surface area contributed by atoms with Gasteiger partial charge in [0.05, 0.1) is 6.33 Å². The number of hydrogen-bond donors (Lipinski definition) is 2. The number of ether oxygens (including phenoxy) is 1. The van der Waals surface area contributed by atoms with Crippen LogP contribution in [0.15, 0.2) is 30.6 Å². The number of imidazole rings is 1. The van der Waals surface area contributed by atoms with Crippen LogP contribution in [0.5, 0.6) is 11.8 Å². The van der Waals surface area contributed by atoms with Gasteiger partial charge in [-0.2, -0.15) is 9.97 Å². The summed E-state index contributed by atoms with van der Waals surface area (Å²) in [7, 11) is 0. The molecule has 2 heterocycles. The molecule has 0 saturated heterocycles. The van der Waals surface area contributed by atoms with E-state index in [9.17, 15) is 4.39 Å². The summed E-state index contributed by atoms with van der Waals surface area (Å²) in [5.41, 5.74) is 6.69. The van der Waals surface area contributed by atoms with Gasteiger partial charge in [0, 0.05) is 0 Å². The molecule has 90 valence electrons. The van der Waals surface area contributed by atoms with Gasteiger partial charge >= 0.3 is 6.01 Å². The second-order valence-corrected chi connectivity index (χ2v) is 3.55. The molecule has 1 aromatic carbocycles. The SMILES string of the molecule is Nc1nc(Oc2ccc(F)cc2)nc2nc[nH]c12. The number of hydrogen-bond acceptors (Lipinski definition) is 5. The fraction of sp³-hybridized carbons (Fsp3) is 0. The zero-order valence-corrected chi connectivity index (χ0v) is 9.09. The number of benzene rings is 1. The van der Waals surface area contributed by atoms with Crippen LogP contribution in [0.2, 0.25) is 0 Å². The molecule has 6 nitrogen and oxygen atoms in total. The van der Waals surface area contributed by atoms with E-state index in [0.29, 0.717) is 16.9 Å². The normalized spacial score (nSPS) is 10.7. The second-order valence-electron chi connectivity index (χ2n) is 3.55. The number of H-pyrrole nitrogens is 1. The van der Waals surface area contributed by atoms with E-state index in [1.807, 2.05) is 0 Å². The number of aromatic nitrogens is 4. The van der Waals surface area contributed by atoms with Crippen molar-refractivity contribution in [2.75, 3.05) is 5.73 Å². The number of nitrogens with one attached hydrogen (secondary N) is 1. The summed E-state index contributed by atoms with van der Waals surface area (Å²) in [6, 6.07) is 5.59. The van der Waals surface area contributed by atoms with E-state index in [1.54, 1.807) is 0 Å².